The van der Waals surface area contributed by atoms with Crippen LogP contribution in [0, 0.1) is 0 Å². The first-order valence-electron chi connectivity index (χ1n) is 6.39. The van der Waals surface area contributed by atoms with E-state index in [0.29, 0.717) is 0 Å². The van der Waals surface area contributed by atoms with Crippen molar-refractivity contribution in [2.24, 2.45) is 5.73 Å². The van der Waals surface area contributed by atoms with Gasteiger partial charge in [0.05, 0.1) is 24.3 Å². The summed E-state index contributed by atoms with van der Waals surface area (Å²) in [7, 11) is 0. The van der Waals surface area contributed by atoms with Crippen LogP contribution in [0.25, 0.3) is 5.65 Å². The number of nitrogens with two attached hydrogens (primary N) is 1. The van der Waals surface area contributed by atoms with E-state index < -0.39 is 0 Å². The van der Waals surface area contributed by atoms with Crippen molar-refractivity contribution in [2.45, 2.75) is 25.9 Å². The van der Waals surface area contributed by atoms with Crippen molar-refractivity contribution in [1.82, 2.24) is 18.9 Å². The van der Waals surface area contributed by atoms with E-state index in [0.717, 1.165) is 30.0 Å². The minimum Gasteiger partial charge on any atom is -0.331 e. The maximum absolute atomic E-state index is 5.77. The molecule has 0 amide bonds. The molecule has 0 saturated carbocycles. The van der Waals surface area contributed by atoms with Crippen LogP contribution in [0.2, 0.25) is 0 Å². The monoisotopic (exact) mass is 255 g/mol. The number of rotatable bonds is 4. The summed E-state index contributed by atoms with van der Waals surface area (Å²) in [5.74, 6) is 0. The van der Waals surface area contributed by atoms with E-state index in [9.17, 15) is 0 Å². The molecule has 19 heavy (non-hydrogen) atoms. The van der Waals surface area contributed by atoms with E-state index in [1.54, 1.807) is 0 Å². The number of aromatic nitrogens is 4. The lowest BCUT2D eigenvalue weighted by molar-refractivity contribution is 0.722. The molecule has 1 unspecified atom stereocenters. The standard InChI is InChI=1S/C14H17N5/c1-11(15)6-12-7-18(10-16-12)8-13-9-19-5-3-2-4-14(19)17-13/h2-5,7,9-11H,6,8,15H2,1H3. The molecule has 3 rings (SSSR count). The Bertz CT molecular complexity index is 647. The molecule has 0 saturated heterocycles. The molecule has 3 aromatic rings. The molecule has 3 heterocycles. The van der Waals surface area contributed by atoms with E-state index >= 15 is 0 Å². The zero-order valence-electron chi connectivity index (χ0n) is 10.9. The van der Waals surface area contributed by atoms with Gasteiger partial charge in [0.25, 0.3) is 0 Å². The Morgan fingerprint density at radius 1 is 1.26 bits per heavy atom. The molecule has 0 fully saturated rings. The van der Waals surface area contributed by atoms with Gasteiger partial charge in [0.1, 0.15) is 5.65 Å². The minimum absolute atomic E-state index is 0.138. The third-order valence-electron chi connectivity index (χ3n) is 2.98. The fourth-order valence-electron chi connectivity index (χ4n) is 2.18. The summed E-state index contributed by atoms with van der Waals surface area (Å²) in [4.78, 5) is 8.92. The first-order chi connectivity index (χ1) is 9.20. The van der Waals surface area contributed by atoms with E-state index in [1.807, 2.05) is 59.0 Å². The molecular weight excluding hydrogens is 238 g/mol. The Kier molecular flexibility index (Phi) is 3.05. The Morgan fingerprint density at radius 3 is 2.95 bits per heavy atom. The summed E-state index contributed by atoms with van der Waals surface area (Å²) >= 11 is 0. The first-order valence-corrected chi connectivity index (χ1v) is 6.39. The number of fused-ring (bicyclic) bond motifs is 1. The fourth-order valence-corrected chi connectivity index (χ4v) is 2.18. The van der Waals surface area contributed by atoms with Crippen LogP contribution in [-0.4, -0.2) is 25.0 Å². The van der Waals surface area contributed by atoms with Crippen LogP contribution in [0.5, 0.6) is 0 Å². The van der Waals surface area contributed by atoms with Gasteiger partial charge in [-0.15, -0.1) is 0 Å². The number of hydrogen-bond acceptors (Lipinski definition) is 3. The number of pyridine rings is 1. The second kappa shape index (κ2) is 4.85. The van der Waals surface area contributed by atoms with Gasteiger partial charge < -0.3 is 14.7 Å². The molecule has 3 aromatic heterocycles. The third kappa shape index (κ3) is 2.66. The highest BCUT2D eigenvalue weighted by Crippen LogP contribution is 2.07. The Labute approximate surface area is 111 Å². The van der Waals surface area contributed by atoms with Crippen LogP contribution in [0.4, 0.5) is 0 Å². The highest BCUT2D eigenvalue weighted by molar-refractivity contribution is 5.39. The molecule has 1 atom stereocenters. The molecule has 0 aromatic carbocycles. The van der Waals surface area contributed by atoms with Crippen LogP contribution in [0.15, 0.2) is 43.1 Å². The molecule has 0 aliphatic heterocycles. The number of nitrogens with zero attached hydrogens (tertiary/aromatic N) is 4. The van der Waals surface area contributed by atoms with E-state index in [-0.39, 0.29) is 6.04 Å². The van der Waals surface area contributed by atoms with Crippen molar-refractivity contribution in [1.29, 1.82) is 0 Å². The smallest absolute Gasteiger partial charge is 0.137 e. The van der Waals surface area contributed by atoms with Gasteiger partial charge in [0, 0.05) is 31.1 Å². The zero-order chi connectivity index (χ0) is 13.2. The summed E-state index contributed by atoms with van der Waals surface area (Å²) in [6.45, 7) is 2.72. The SMILES string of the molecule is CC(N)Cc1cn(Cc2cn3ccccc3n2)cn1. The van der Waals surface area contributed by atoms with Crippen molar-refractivity contribution in [3.05, 3.63) is 54.5 Å². The van der Waals surface area contributed by atoms with Crippen LogP contribution < -0.4 is 5.73 Å². The zero-order valence-corrected chi connectivity index (χ0v) is 10.9. The highest BCUT2D eigenvalue weighted by atomic mass is 15.1. The van der Waals surface area contributed by atoms with E-state index in [2.05, 4.69) is 9.97 Å². The molecule has 2 N–H and O–H groups in total. The molecule has 5 nitrogen and oxygen atoms in total. The van der Waals surface area contributed by atoms with Crippen LogP contribution in [-0.2, 0) is 13.0 Å². The molecule has 5 heteroatoms. The average Bonchev–Trinajstić information content (AvgIpc) is 2.94. The van der Waals surface area contributed by atoms with Gasteiger partial charge in [-0.3, -0.25) is 0 Å². The third-order valence-corrected chi connectivity index (χ3v) is 2.98. The van der Waals surface area contributed by atoms with Crippen molar-refractivity contribution in [3.8, 4) is 0 Å². The average molecular weight is 255 g/mol. The van der Waals surface area contributed by atoms with Gasteiger partial charge in [-0.25, -0.2) is 9.97 Å². The van der Waals surface area contributed by atoms with Crippen molar-refractivity contribution >= 4 is 5.65 Å². The van der Waals surface area contributed by atoms with Crippen molar-refractivity contribution in [3.63, 3.8) is 0 Å². The predicted molar refractivity (Wildman–Crippen MR) is 73.9 cm³/mol. The largest absolute Gasteiger partial charge is 0.331 e. The van der Waals surface area contributed by atoms with Gasteiger partial charge in [0.2, 0.25) is 0 Å². The predicted octanol–water partition coefficient (Wildman–Crippen LogP) is 1.47. The highest BCUT2D eigenvalue weighted by Gasteiger charge is 2.05. The topological polar surface area (TPSA) is 61.1 Å². The molecule has 0 aliphatic carbocycles. The van der Waals surface area contributed by atoms with E-state index in [1.165, 1.54) is 0 Å². The molecule has 0 spiro atoms. The van der Waals surface area contributed by atoms with Crippen molar-refractivity contribution < 1.29 is 0 Å². The van der Waals surface area contributed by atoms with Gasteiger partial charge in [-0.2, -0.15) is 0 Å². The molecule has 0 bridgehead atoms. The lowest BCUT2D eigenvalue weighted by Gasteiger charge is -2.00. The minimum atomic E-state index is 0.138. The molecule has 0 radical (unpaired) electrons. The summed E-state index contributed by atoms with van der Waals surface area (Å²) in [6, 6.07) is 6.12. The van der Waals surface area contributed by atoms with Gasteiger partial charge >= 0.3 is 0 Å². The normalized spacial score (nSPS) is 12.9. The summed E-state index contributed by atoms with van der Waals surface area (Å²) in [6.07, 6.45) is 8.72. The Hall–Kier alpha value is -2.14. The molecule has 0 aliphatic rings. The molecule has 98 valence electrons. The summed E-state index contributed by atoms with van der Waals surface area (Å²) in [5.41, 5.74) is 8.79. The second-order valence-corrected chi connectivity index (χ2v) is 4.92. The maximum Gasteiger partial charge on any atom is 0.137 e. The van der Waals surface area contributed by atoms with Crippen LogP contribution in [0.3, 0.4) is 0 Å². The first kappa shape index (κ1) is 11.9. The van der Waals surface area contributed by atoms with Crippen molar-refractivity contribution in [2.75, 3.05) is 0 Å². The summed E-state index contributed by atoms with van der Waals surface area (Å²) < 4.78 is 4.06. The maximum atomic E-state index is 5.77. The summed E-state index contributed by atoms with van der Waals surface area (Å²) in [5, 5.41) is 0. The lowest BCUT2D eigenvalue weighted by atomic mass is 10.2. The Balaban J connectivity index is 1.78. The number of imidazole rings is 2. The van der Waals surface area contributed by atoms with Gasteiger partial charge in [-0.1, -0.05) is 6.07 Å². The number of hydrogen-bond donors (Lipinski definition) is 1. The quantitative estimate of drug-likeness (QED) is 0.768. The lowest BCUT2D eigenvalue weighted by Crippen LogP contribution is -2.17. The fraction of sp³-hybridized carbons (Fsp3) is 0.286. The molecular formula is C14H17N5. The Morgan fingerprint density at radius 2 is 2.16 bits per heavy atom. The van der Waals surface area contributed by atoms with Gasteiger partial charge in [-0.05, 0) is 19.1 Å². The van der Waals surface area contributed by atoms with E-state index in [4.69, 9.17) is 5.73 Å². The van der Waals surface area contributed by atoms with Gasteiger partial charge in [0.15, 0.2) is 0 Å². The van der Waals surface area contributed by atoms with Crippen LogP contribution >= 0.6 is 0 Å². The second-order valence-electron chi connectivity index (χ2n) is 4.92. The van der Waals surface area contributed by atoms with Crippen LogP contribution in [0.1, 0.15) is 18.3 Å².